The van der Waals surface area contributed by atoms with E-state index < -0.39 is 10.3 Å². The third-order valence-corrected chi connectivity index (χ3v) is 2.40. The lowest BCUT2D eigenvalue weighted by Crippen LogP contribution is -2.25. The van der Waals surface area contributed by atoms with Crippen molar-refractivity contribution < 1.29 is 9.90 Å². The topological polar surface area (TPSA) is 37.3 Å². The van der Waals surface area contributed by atoms with Gasteiger partial charge in [0.2, 0.25) is 4.33 Å². The predicted molar refractivity (Wildman–Crippen MR) is 50.2 cm³/mol. The Balaban J connectivity index is 3.75. The normalized spacial score (nSPS) is 11.5. The Kier molecular flexibility index (Phi) is 4.98. The fourth-order valence-electron chi connectivity index (χ4n) is 0.396. The smallest absolute Gasteiger partial charge is 0.340 e. The van der Waals surface area contributed by atoms with E-state index in [1.807, 2.05) is 0 Å². The van der Waals surface area contributed by atoms with Crippen molar-refractivity contribution in [1.82, 2.24) is 0 Å². The second kappa shape index (κ2) is 4.62. The van der Waals surface area contributed by atoms with Gasteiger partial charge in [-0.3, -0.25) is 0 Å². The Morgan fingerprint density at radius 2 is 2.10 bits per heavy atom. The molecule has 10 heavy (non-hydrogen) atoms. The molecule has 0 aliphatic carbocycles. The number of aliphatic carboxylic acids is 1. The van der Waals surface area contributed by atoms with Gasteiger partial charge in [0.25, 0.3) is 0 Å². The Morgan fingerprint density at radius 3 is 2.40 bits per heavy atom. The number of hydrogen-bond donors (Lipinski definition) is 1. The van der Waals surface area contributed by atoms with E-state index in [9.17, 15) is 4.79 Å². The molecule has 0 unspecified atom stereocenters. The average Bonchev–Trinajstić information content (AvgIpc) is 1.84. The number of halogens is 3. The molecule has 0 aliphatic heterocycles. The van der Waals surface area contributed by atoms with Crippen molar-refractivity contribution in [2.24, 2.45) is 0 Å². The van der Waals surface area contributed by atoms with Gasteiger partial charge in [-0.05, 0) is 17.3 Å². The van der Waals surface area contributed by atoms with E-state index in [0.29, 0.717) is 6.42 Å². The maximum atomic E-state index is 10.3. The summed E-state index contributed by atoms with van der Waals surface area (Å²) in [5, 5.41) is 8.40. The summed E-state index contributed by atoms with van der Waals surface area (Å²) < 4.78 is -0.725. The minimum Gasteiger partial charge on any atom is -0.479 e. The van der Waals surface area contributed by atoms with Crippen LogP contribution in [0.15, 0.2) is 0 Å². The molecule has 0 heterocycles. The van der Waals surface area contributed by atoms with E-state index >= 15 is 0 Å². The number of hydrogen-bond acceptors (Lipinski definition) is 1. The molecule has 0 spiro atoms. The highest BCUT2D eigenvalue weighted by molar-refractivity contribution is 14.1. The van der Waals surface area contributed by atoms with Gasteiger partial charge in [0.1, 0.15) is 0 Å². The van der Waals surface area contributed by atoms with Crippen molar-refractivity contribution in [2.45, 2.75) is 17.2 Å². The number of carboxylic acids is 1. The van der Waals surface area contributed by atoms with Gasteiger partial charge in [-0.1, -0.05) is 45.8 Å². The molecule has 0 rings (SSSR count). The van der Waals surface area contributed by atoms with Crippen LogP contribution < -0.4 is 0 Å². The monoisotopic (exact) mass is 296 g/mol. The minimum absolute atomic E-state index is 0.300. The number of rotatable bonds is 4. The highest BCUT2D eigenvalue weighted by Gasteiger charge is 2.32. The lowest BCUT2D eigenvalue weighted by molar-refractivity contribution is -0.137. The number of carbonyl (C=O) groups is 1. The number of alkyl halides is 3. The van der Waals surface area contributed by atoms with Crippen LogP contribution in [0.4, 0.5) is 0 Å². The van der Waals surface area contributed by atoms with Gasteiger partial charge in [-0.2, -0.15) is 0 Å². The Morgan fingerprint density at radius 1 is 1.60 bits per heavy atom. The molecule has 0 aliphatic rings. The van der Waals surface area contributed by atoms with Crippen molar-refractivity contribution in [3.63, 3.8) is 0 Å². The summed E-state index contributed by atoms with van der Waals surface area (Å²) in [7, 11) is 0. The average molecular weight is 297 g/mol. The standard InChI is InChI=1S/C5H7Cl2IO2/c6-5(7,4(9)10)2-1-3-8/h1-3H2,(H,9,10). The number of carboxylic acid groups (broad SMARTS) is 1. The minimum atomic E-state index is -1.59. The first-order valence-corrected chi connectivity index (χ1v) is 4.96. The van der Waals surface area contributed by atoms with Crippen molar-refractivity contribution in [3.05, 3.63) is 0 Å². The van der Waals surface area contributed by atoms with Crippen molar-refractivity contribution in [3.8, 4) is 0 Å². The van der Waals surface area contributed by atoms with E-state index in [-0.39, 0.29) is 0 Å². The van der Waals surface area contributed by atoms with Gasteiger partial charge in [0.05, 0.1) is 0 Å². The predicted octanol–water partition coefficient (Wildman–Crippen LogP) is 2.46. The summed E-state index contributed by atoms with van der Waals surface area (Å²) in [6.07, 6.45) is 1.02. The molecular weight excluding hydrogens is 290 g/mol. The summed E-state index contributed by atoms with van der Waals surface area (Å²) >= 11 is 13.0. The zero-order chi connectivity index (χ0) is 8.20. The molecule has 0 aromatic carbocycles. The second-order valence-corrected chi connectivity index (χ2v) is 4.36. The lowest BCUT2D eigenvalue weighted by atomic mass is 10.2. The first kappa shape index (κ1) is 10.8. The molecule has 0 fully saturated rings. The molecule has 0 amide bonds. The largest absolute Gasteiger partial charge is 0.479 e. The summed E-state index contributed by atoms with van der Waals surface area (Å²) in [6, 6.07) is 0. The highest BCUT2D eigenvalue weighted by atomic mass is 127. The van der Waals surface area contributed by atoms with Crippen LogP contribution in [0.1, 0.15) is 12.8 Å². The van der Waals surface area contributed by atoms with Crippen LogP contribution in [-0.2, 0) is 4.79 Å². The molecule has 0 saturated carbocycles. The van der Waals surface area contributed by atoms with Crippen LogP contribution in [0.25, 0.3) is 0 Å². The first-order valence-electron chi connectivity index (χ1n) is 2.68. The lowest BCUT2D eigenvalue weighted by Gasteiger charge is -2.11. The molecule has 0 radical (unpaired) electrons. The van der Waals surface area contributed by atoms with Crippen molar-refractivity contribution in [2.75, 3.05) is 4.43 Å². The molecule has 0 aromatic rings. The zero-order valence-corrected chi connectivity index (χ0v) is 8.78. The van der Waals surface area contributed by atoms with E-state index in [4.69, 9.17) is 28.3 Å². The van der Waals surface area contributed by atoms with Gasteiger partial charge >= 0.3 is 5.97 Å². The fourth-order valence-corrected chi connectivity index (χ4v) is 1.04. The second-order valence-electron chi connectivity index (χ2n) is 1.80. The maximum Gasteiger partial charge on any atom is 0.340 e. The van der Waals surface area contributed by atoms with E-state index in [0.717, 1.165) is 10.8 Å². The Labute approximate surface area is 83.0 Å². The van der Waals surface area contributed by atoms with Gasteiger partial charge < -0.3 is 5.11 Å². The summed E-state index contributed by atoms with van der Waals surface area (Å²) in [5.41, 5.74) is 0. The van der Waals surface area contributed by atoms with Crippen LogP contribution in [-0.4, -0.2) is 19.8 Å². The summed E-state index contributed by atoms with van der Waals surface area (Å²) in [4.78, 5) is 10.3. The van der Waals surface area contributed by atoms with Gasteiger partial charge in [0, 0.05) is 0 Å². The highest BCUT2D eigenvalue weighted by Crippen LogP contribution is 2.27. The quantitative estimate of drug-likeness (QED) is 0.639. The van der Waals surface area contributed by atoms with Crippen LogP contribution >= 0.6 is 45.8 Å². The molecule has 0 saturated heterocycles. The van der Waals surface area contributed by atoms with Crippen LogP contribution in [0.2, 0.25) is 0 Å². The van der Waals surface area contributed by atoms with Gasteiger partial charge in [-0.25, -0.2) is 4.79 Å². The fraction of sp³-hybridized carbons (Fsp3) is 0.800. The molecule has 0 bridgehead atoms. The third-order valence-electron chi connectivity index (χ3n) is 0.937. The van der Waals surface area contributed by atoms with Crippen molar-refractivity contribution in [1.29, 1.82) is 0 Å². The molecular formula is C5H7Cl2IO2. The SMILES string of the molecule is O=C(O)C(Cl)(Cl)CCCI. The molecule has 1 N–H and O–H groups in total. The molecule has 2 nitrogen and oxygen atoms in total. The Bertz CT molecular complexity index is 127. The first-order chi connectivity index (χ1) is 4.50. The third kappa shape index (κ3) is 3.83. The zero-order valence-electron chi connectivity index (χ0n) is 5.11. The summed E-state index contributed by atoms with van der Waals surface area (Å²) in [6.45, 7) is 0. The molecule has 0 atom stereocenters. The maximum absolute atomic E-state index is 10.3. The van der Waals surface area contributed by atoms with E-state index in [2.05, 4.69) is 22.6 Å². The molecule has 5 heteroatoms. The van der Waals surface area contributed by atoms with E-state index in [1.54, 1.807) is 0 Å². The molecule has 0 aromatic heterocycles. The Hall–Kier alpha value is 0.780. The molecule has 60 valence electrons. The van der Waals surface area contributed by atoms with Crippen LogP contribution in [0.3, 0.4) is 0 Å². The van der Waals surface area contributed by atoms with Gasteiger partial charge in [-0.15, -0.1) is 0 Å². The summed E-state index contributed by atoms with van der Waals surface area (Å²) in [5.74, 6) is -1.17. The van der Waals surface area contributed by atoms with E-state index in [1.165, 1.54) is 0 Å². The van der Waals surface area contributed by atoms with Crippen LogP contribution in [0, 0.1) is 0 Å². The van der Waals surface area contributed by atoms with Crippen molar-refractivity contribution >= 4 is 51.8 Å². The van der Waals surface area contributed by atoms with Crippen LogP contribution in [0.5, 0.6) is 0 Å². The van der Waals surface area contributed by atoms with Gasteiger partial charge in [0.15, 0.2) is 0 Å².